The van der Waals surface area contributed by atoms with Gasteiger partial charge in [0, 0.05) is 11.6 Å². The molecule has 0 bridgehead atoms. The maximum atomic E-state index is 8.88. The normalized spacial score (nSPS) is 10.8. The lowest BCUT2D eigenvalue weighted by atomic mass is 10.1. The second-order valence-electron chi connectivity index (χ2n) is 3.89. The molecule has 2 aromatic heterocycles. The van der Waals surface area contributed by atoms with Crippen molar-refractivity contribution in [2.75, 3.05) is 12.3 Å². The number of aliphatic hydroxyl groups is 1. The molecule has 0 amide bonds. The summed E-state index contributed by atoms with van der Waals surface area (Å²) in [5.74, 6) is 0.530. The van der Waals surface area contributed by atoms with Gasteiger partial charge in [-0.1, -0.05) is 0 Å². The lowest BCUT2D eigenvalue weighted by Crippen LogP contribution is -2.07. The lowest BCUT2D eigenvalue weighted by Gasteiger charge is -2.02. The number of rotatable bonds is 3. The highest BCUT2D eigenvalue weighted by Crippen LogP contribution is 2.22. The Morgan fingerprint density at radius 1 is 1.29 bits per heavy atom. The molecule has 3 N–H and O–H groups in total. The molecule has 2 aromatic rings. The van der Waals surface area contributed by atoms with Gasteiger partial charge in [-0.2, -0.15) is 15.3 Å². The summed E-state index contributed by atoms with van der Waals surface area (Å²) < 4.78 is 1.57. The van der Waals surface area contributed by atoms with Crippen LogP contribution in [0, 0.1) is 13.8 Å². The van der Waals surface area contributed by atoms with Crippen molar-refractivity contribution in [3.8, 4) is 11.3 Å². The molecule has 17 heavy (non-hydrogen) atoms. The van der Waals surface area contributed by atoms with Crippen LogP contribution in [0.25, 0.3) is 11.3 Å². The zero-order valence-corrected chi connectivity index (χ0v) is 9.88. The van der Waals surface area contributed by atoms with Crippen molar-refractivity contribution in [2.45, 2.75) is 20.4 Å². The van der Waals surface area contributed by atoms with Crippen LogP contribution in [-0.2, 0) is 6.54 Å². The second-order valence-corrected chi connectivity index (χ2v) is 3.89. The zero-order chi connectivity index (χ0) is 12.4. The molecule has 90 valence electrons. The van der Waals surface area contributed by atoms with Gasteiger partial charge in [0.05, 0.1) is 30.2 Å². The molecule has 0 saturated heterocycles. The van der Waals surface area contributed by atoms with Gasteiger partial charge in [-0.3, -0.25) is 0 Å². The molecule has 0 unspecified atom stereocenters. The Hall–Kier alpha value is -1.95. The molecule has 0 aromatic carbocycles. The fourth-order valence-corrected chi connectivity index (χ4v) is 1.65. The van der Waals surface area contributed by atoms with E-state index in [1.165, 1.54) is 0 Å². The average Bonchev–Trinajstić information content (AvgIpc) is 2.64. The van der Waals surface area contributed by atoms with E-state index in [9.17, 15) is 0 Å². The number of nitrogen functional groups attached to an aromatic ring is 1. The Kier molecular flexibility index (Phi) is 3.06. The first-order valence-corrected chi connectivity index (χ1v) is 5.37. The predicted molar refractivity (Wildman–Crippen MR) is 64.2 cm³/mol. The van der Waals surface area contributed by atoms with Crippen LogP contribution in [0.2, 0.25) is 0 Å². The van der Waals surface area contributed by atoms with Crippen molar-refractivity contribution in [1.29, 1.82) is 0 Å². The molecule has 0 saturated carbocycles. The molecule has 0 aliphatic carbocycles. The fraction of sp³-hybridized carbons (Fsp3) is 0.364. The maximum absolute atomic E-state index is 8.88. The summed E-state index contributed by atoms with van der Waals surface area (Å²) in [5.41, 5.74) is 9.12. The van der Waals surface area contributed by atoms with Gasteiger partial charge in [-0.05, 0) is 19.9 Å². The van der Waals surface area contributed by atoms with Gasteiger partial charge in [-0.15, -0.1) is 0 Å². The van der Waals surface area contributed by atoms with Crippen LogP contribution in [0.3, 0.4) is 0 Å². The van der Waals surface area contributed by atoms with E-state index in [0.29, 0.717) is 12.4 Å². The van der Waals surface area contributed by atoms with Crippen LogP contribution in [0.4, 0.5) is 5.82 Å². The Morgan fingerprint density at radius 3 is 2.76 bits per heavy atom. The molecule has 0 aliphatic heterocycles. The summed E-state index contributed by atoms with van der Waals surface area (Å²) in [4.78, 5) is 0. The molecule has 0 aliphatic rings. The summed E-state index contributed by atoms with van der Waals surface area (Å²) in [6.45, 7) is 4.16. The molecule has 6 heteroatoms. The van der Waals surface area contributed by atoms with Gasteiger partial charge in [0.25, 0.3) is 0 Å². The summed E-state index contributed by atoms with van der Waals surface area (Å²) >= 11 is 0. The summed E-state index contributed by atoms with van der Waals surface area (Å²) in [6, 6.07) is 3.70. The van der Waals surface area contributed by atoms with E-state index in [2.05, 4.69) is 15.3 Å². The first-order valence-electron chi connectivity index (χ1n) is 5.37. The average molecular weight is 233 g/mol. The Labute approximate surface area is 99.1 Å². The van der Waals surface area contributed by atoms with Crippen LogP contribution < -0.4 is 5.73 Å². The van der Waals surface area contributed by atoms with E-state index >= 15 is 0 Å². The van der Waals surface area contributed by atoms with Crippen LogP contribution in [0.1, 0.15) is 11.4 Å². The van der Waals surface area contributed by atoms with Gasteiger partial charge in [-0.25, -0.2) is 4.68 Å². The number of aromatic nitrogens is 4. The highest BCUT2D eigenvalue weighted by atomic mass is 16.3. The van der Waals surface area contributed by atoms with Gasteiger partial charge in [0.2, 0.25) is 0 Å². The molecule has 2 rings (SSSR count). The lowest BCUT2D eigenvalue weighted by molar-refractivity contribution is 0.270. The fourth-order valence-electron chi connectivity index (χ4n) is 1.65. The highest BCUT2D eigenvalue weighted by Gasteiger charge is 2.10. The Balaban J connectivity index is 2.45. The van der Waals surface area contributed by atoms with E-state index in [1.54, 1.807) is 10.7 Å². The molecule has 0 spiro atoms. The van der Waals surface area contributed by atoms with Crippen LogP contribution >= 0.6 is 0 Å². The molecule has 0 radical (unpaired) electrons. The zero-order valence-electron chi connectivity index (χ0n) is 9.88. The summed E-state index contributed by atoms with van der Waals surface area (Å²) in [7, 11) is 0. The first-order chi connectivity index (χ1) is 8.11. The Bertz CT molecular complexity index is 535. The van der Waals surface area contributed by atoms with Gasteiger partial charge < -0.3 is 10.8 Å². The number of hydrogen-bond donors (Lipinski definition) is 2. The molecule has 0 atom stereocenters. The number of nitrogens with two attached hydrogens (primary N) is 1. The van der Waals surface area contributed by atoms with Crippen molar-refractivity contribution in [3.05, 3.63) is 23.5 Å². The Morgan fingerprint density at radius 2 is 2.06 bits per heavy atom. The van der Waals surface area contributed by atoms with Gasteiger partial charge in [0.1, 0.15) is 5.82 Å². The van der Waals surface area contributed by atoms with Crippen LogP contribution in [0.5, 0.6) is 0 Å². The SMILES string of the molecule is Cc1cc(-c2cc(N)n(CCO)n2)c(C)nn1. The first kappa shape index (κ1) is 11.5. The van der Waals surface area contributed by atoms with E-state index in [4.69, 9.17) is 10.8 Å². The van der Waals surface area contributed by atoms with Gasteiger partial charge >= 0.3 is 0 Å². The van der Waals surface area contributed by atoms with E-state index in [1.807, 2.05) is 19.9 Å². The van der Waals surface area contributed by atoms with E-state index in [-0.39, 0.29) is 6.61 Å². The summed E-state index contributed by atoms with van der Waals surface area (Å²) in [6.07, 6.45) is 0. The van der Waals surface area contributed by atoms with Crippen molar-refractivity contribution in [3.63, 3.8) is 0 Å². The number of aliphatic hydroxyl groups excluding tert-OH is 1. The van der Waals surface area contributed by atoms with Crippen LogP contribution in [-0.4, -0.2) is 31.7 Å². The molecular formula is C11H15N5O. The number of anilines is 1. The monoisotopic (exact) mass is 233 g/mol. The highest BCUT2D eigenvalue weighted by molar-refractivity contribution is 5.64. The minimum atomic E-state index is 0.0118. The topological polar surface area (TPSA) is 89.8 Å². The minimum Gasteiger partial charge on any atom is -0.394 e. The predicted octanol–water partition coefficient (Wildman–Crippen LogP) is 0.531. The quantitative estimate of drug-likeness (QED) is 0.807. The molecule has 6 nitrogen and oxygen atoms in total. The number of aryl methyl sites for hydroxylation is 2. The molecular weight excluding hydrogens is 218 g/mol. The number of hydrogen-bond acceptors (Lipinski definition) is 5. The molecule has 2 heterocycles. The van der Waals surface area contributed by atoms with Crippen molar-refractivity contribution in [1.82, 2.24) is 20.0 Å². The van der Waals surface area contributed by atoms with E-state index in [0.717, 1.165) is 22.6 Å². The second kappa shape index (κ2) is 4.50. The minimum absolute atomic E-state index is 0.0118. The smallest absolute Gasteiger partial charge is 0.122 e. The maximum Gasteiger partial charge on any atom is 0.122 e. The van der Waals surface area contributed by atoms with Crippen molar-refractivity contribution < 1.29 is 5.11 Å². The third-order valence-corrected chi connectivity index (χ3v) is 2.50. The van der Waals surface area contributed by atoms with Crippen molar-refractivity contribution >= 4 is 5.82 Å². The van der Waals surface area contributed by atoms with Crippen molar-refractivity contribution in [2.24, 2.45) is 0 Å². The number of nitrogens with zero attached hydrogens (tertiary/aromatic N) is 4. The third-order valence-electron chi connectivity index (χ3n) is 2.50. The van der Waals surface area contributed by atoms with Crippen LogP contribution in [0.15, 0.2) is 12.1 Å². The summed E-state index contributed by atoms with van der Waals surface area (Å²) in [5, 5.41) is 21.2. The van der Waals surface area contributed by atoms with Gasteiger partial charge in [0.15, 0.2) is 0 Å². The third kappa shape index (κ3) is 2.26. The standard InChI is InChI=1S/C11H15N5O/c1-7-5-9(8(2)14-13-7)10-6-11(12)16(15-10)3-4-17/h5-6,17H,3-4,12H2,1-2H3. The van der Waals surface area contributed by atoms with E-state index < -0.39 is 0 Å². The molecule has 0 fully saturated rings. The largest absolute Gasteiger partial charge is 0.394 e.